The van der Waals surface area contributed by atoms with Crippen molar-refractivity contribution >= 4 is 24.0 Å². The number of carbonyl (C=O) groups excluding carboxylic acids is 1. The van der Waals surface area contributed by atoms with E-state index in [2.05, 4.69) is 15.6 Å². The number of nitrogens with one attached hydrogen (secondary N) is 1. The predicted molar refractivity (Wildman–Crippen MR) is 95.8 cm³/mol. The van der Waals surface area contributed by atoms with E-state index < -0.39 is 4.92 Å². The number of nitro groups is 1. The Kier molecular flexibility index (Phi) is 4.92. The van der Waals surface area contributed by atoms with Gasteiger partial charge in [0.1, 0.15) is 0 Å². The molecule has 0 radical (unpaired) electrons. The van der Waals surface area contributed by atoms with Crippen LogP contribution >= 0.6 is 12.4 Å². The number of aromatic nitrogens is 3. The number of nitro benzene ring substituents is 1. The van der Waals surface area contributed by atoms with Gasteiger partial charge in [-0.1, -0.05) is 11.3 Å². The number of amides is 1. The van der Waals surface area contributed by atoms with Crippen LogP contribution in [0.15, 0.2) is 24.3 Å². The second-order valence-electron chi connectivity index (χ2n) is 6.60. The topological polar surface area (TPSA) is 106 Å². The van der Waals surface area contributed by atoms with Gasteiger partial charge in [-0.15, -0.1) is 17.5 Å². The summed E-state index contributed by atoms with van der Waals surface area (Å²) in [5, 5.41) is 22.4. The van der Waals surface area contributed by atoms with E-state index in [1.54, 1.807) is 19.1 Å². The molecule has 1 N–H and O–H groups in total. The summed E-state index contributed by atoms with van der Waals surface area (Å²) in [6.07, 6.45) is 0. The number of non-ortho nitro benzene ring substituents is 1. The molecule has 2 atom stereocenters. The molecule has 0 aliphatic carbocycles. The Labute approximate surface area is 155 Å². The van der Waals surface area contributed by atoms with Gasteiger partial charge in [0.2, 0.25) is 0 Å². The fourth-order valence-corrected chi connectivity index (χ4v) is 3.68. The maximum Gasteiger partial charge on any atom is 0.276 e. The minimum Gasteiger partial charge on any atom is -0.337 e. The van der Waals surface area contributed by atoms with E-state index in [4.69, 9.17) is 0 Å². The minimum atomic E-state index is -0.459. The lowest BCUT2D eigenvalue weighted by Crippen LogP contribution is -2.32. The van der Waals surface area contributed by atoms with E-state index in [1.807, 2.05) is 4.90 Å². The highest BCUT2D eigenvalue weighted by Gasteiger charge is 2.39. The number of likely N-dealkylation sites (tertiary alicyclic amines) is 1. The quantitative estimate of drug-likeness (QED) is 0.635. The van der Waals surface area contributed by atoms with Crippen LogP contribution in [0.2, 0.25) is 0 Å². The van der Waals surface area contributed by atoms with E-state index >= 15 is 0 Å². The number of rotatable bonds is 3. The SMILES string of the molecule is Cc1c(C(=O)N2C[C@H]3CNC[C@H]3C2)nnn1-c1cccc([N+](=O)[O-])c1.Cl. The van der Waals surface area contributed by atoms with Gasteiger partial charge in [-0.3, -0.25) is 14.9 Å². The van der Waals surface area contributed by atoms with Crippen molar-refractivity contribution in [3.63, 3.8) is 0 Å². The zero-order valence-corrected chi connectivity index (χ0v) is 15.0. The van der Waals surface area contributed by atoms with Crippen LogP contribution in [0, 0.1) is 28.9 Å². The first-order valence-electron chi connectivity index (χ1n) is 8.21. The molecule has 9 nitrogen and oxygen atoms in total. The van der Waals surface area contributed by atoms with Crippen molar-refractivity contribution < 1.29 is 9.72 Å². The molecule has 4 rings (SSSR count). The Balaban J connectivity index is 0.00000196. The lowest BCUT2D eigenvalue weighted by Gasteiger charge is -2.16. The molecular formula is C16H19ClN6O3. The second kappa shape index (κ2) is 7.00. The first-order chi connectivity index (χ1) is 12.0. The maximum atomic E-state index is 12.8. The normalized spacial score (nSPS) is 21.3. The minimum absolute atomic E-state index is 0. The fourth-order valence-electron chi connectivity index (χ4n) is 3.68. The predicted octanol–water partition coefficient (Wildman–Crippen LogP) is 1.20. The molecule has 2 aromatic rings. The smallest absolute Gasteiger partial charge is 0.276 e. The number of fused-ring (bicyclic) bond motifs is 1. The second-order valence-corrected chi connectivity index (χ2v) is 6.60. The Morgan fingerprint density at radius 2 is 2.00 bits per heavy atom. The molecule has 2 aliphatic rings. The molecule has 2 fully saturated rings. The summed E-state index contributed by atoms with van der Waals surface area (Å²) < 4.78 is 1.47. The van der Waals surface area contributed by atoms with E-state index in [-0.39, 0.29) is 24.0 Å². The summed E-state index contributed by atoms with van der Waals surface area (Å²) >= 11 is 0. The van der Waals surface area contributed by atoms with Crippen LogP contribution in [0.4, 0.5) is 5.69 Å². The number of hydrogen-bond donors (Lipinski definition) is 1. The third-order valence-corrected chi connectivity index (χ3v) is 5.06. The zero-order valence-electron chi connectivity index (χ0n) is 14.2. The summed E-state index contributed by atoms with van der Waals surface area (Å²) in [4.78, 5) is 25.1. The van der Waals surface area contributed by atoms with Crippen LogP contribution in [-0.2, 0) is 0 Å². The van der Waals surface area contributed by atoms with Gasteiger partial charge in [-0.2, -0.15) is 0 Å². The molecular weight excluding hydrogens is 360 g/mol. The van der Waals surface area contributed by atoms with Crippen molar-refractivity contribution in [2.24, 2.45) is 11.8 Å². The molecule has 26 heavy (non-hydrogen) atoms. The van der Waals surface area contributed by atoms with Crippen molar-refractivity contribution in [1.29, 1.82) is 0 Å². The lowest BCUT2D eigenvalue weighted by molar-refractivity contribution is -0.384. The van der Waals surface area contributed by atoms with Crippen LogP contribution in [0.1, 0.15) is 16.2 Å². The maximum absolute atomic E-state index is 12.8. The summed E-state index contributed by atoms with van der Waals surface area (Å²) in [5.74, 6) is 0.899. The molecule has 1 amide bonds. The van der Waals surface area contributed by atoms with Gasteiger partial charge in [0.25, 0.3) is 11.6 Å². The first-order valence-corrected chi connectivity index (χ1v) is 8.21. The third-order valence-electron chi connectivity index (χ3n) is 5.06. The van der Waals surface area contributed by atoms with Crippen molar-refractivity contribution in [3.8, 4) is 5.69 Å². The number of carbonyl (C=O) groups is 1. The van der Waals surface area contributed by atoms with Gasteiger partial charge in [0.15, 0.2) is 5.69 Å². The van der Waals surface area contributed by atoms with Gasteiger partial charge in [-0.25, -0.2) is 4.68 Å². The average molecular weight is 379 g/mol. The van der Waals surface area contributed by atoms with Crippen LogP contribution < -0.4 is 5.32 Å². The number of nitrogens with zero attached hydrogens (tertiary/aromatic N) is 5. The average Bonchev–Trinajstić information content (AvgIpc) is 3.28. The van der Waals surface area contributed by atoms with Gasteiger partial charge in [0.05, 0.1) is 16.3 Å². The molecule has 2 saturated heterocycles. The Morgan fingerprint density at radius 3 is 2.65 bits per heavy atom. The lowest BCUT2D eigenvalue weighted by atomic mass is 10.0. The summed E-state index contributed by atoms with van der Waals surface area (Å²) in [5.41, 5.74) is 1.38. The molecule has 0 saturated carbocycles. The monoisotopic (exact) mass is 378 g/mol. The van der Waals surface area contributed by atoms with E-state index in [0.29, 0.717) is 28.9 Å². The van der Waals surface area contributed by atoms with Crippen molar-refractivity contribution in [2.75, 3.05) is 26.2 Å². The standard InChI is InChI=1S/C16H18N6O3.ClH/c1-10-15(16(23)20-8-11-6-17-7-12(11)9-20)18-19-21(10)13-3-2-4-14(5-13)22(24)25;/h2-5,11-12,17H,6-9H2,1H3;1H/t11-,12+;. The van der Waals surface area contributed by atoms with Crippen LogP contribution in [0.5, 0.6) is 0 Å². The molecule has 0 bridgehead atoms. The Bertz CT molecular complexity index is 842. The zero-order chi connectivity index (χ0) is 17.6. The first kappa shape index (κ1) is 18.3. The largest absolute Gasteiger partial charge is 0.337 e. The molecule has 1 aromatic heterocycles. The van der Waals surface area contributed by atoms with Crippen LogP contribution in [0.25, 0.3) is 5.69 Å². The fraction of sp³-hybridized carbons (Fsp3) is 0.438. The molecule has 0 unspecified atom stereocenters. The number of benzene rings is 1. The van der Waals surface area contributed by atoms with Gasteiger partial charge in [0, 0.05) is 38.3 Å². The van der Waals surface area contributed by atoms with Crippen molar-refractivity contribution in [3.05, 3.63) is 45.8 Å². The summed E-state index contributed by atoms with van der Waals surface area (Å²) in [7, 11) is 0. The summed E-state index contributed by atoms with van der Waals surface area (Å²) in [6, 6.07) is 6.13. The van der Waals surface area contributed by atoms with Crippen LogP contribution in [0.3, 0.4) is 0 Å². The van der Waals surface area contributed by atoms with Crippen molar-refractivity contribution in [1.82, 2.24) is 25.2 Å². The molecule has 138 valence electrons. The summed E-state index contributed by atoms with van der Waals surface area (Å²) in [6.45, 7) is 5.13. The molecule has 1 aromatic carbocycles. The highest BCUT2D eigenvalue weighted by molar-refractivity contribution is 5.93. The number of hydrogen-bond acceptors (Lipinski definition) is 6. The third kappa shape index (κ3) is 3.04. The Morgan fingerprint density at radius 1 is 1.31 bits per heavy atom. The highest BCUT2D eigenvalue weighted by Crippen LogP contribution is 2.28. The van der Waals surface area contributed by atoms with Gasteiger partial charge in [-0.05, 0) is 24.8 Å². The van der Waals surface area contributed by atoms with E-state index in [1.165, 1.54) is 16.8 Å². The molecule has 3 heterocycles. The van der Waals surface area contributed by atoms with Crippen LogP contribution in [-0.4, -0.2) is 56.9 Å². The molecule has 2 aliphatic heterocycles. The van der Waals surface area contributed by atoms with E-state index in [9.17, 15) is 14.9 Å². The van der Waals surface area contributed by atoms with Gasteiger partial charge >= 0.3 is 0 Å². The number of halogens is 1. The highest BCUT2D eigenvalue weighted by atomic mass is 35.5. The Hall–Kier alpha value is -2.52. The van der Waals surface area contributed by atoms with E-state index in [0.717, 1.165) is 26.2 Å². The van der Waals surface area contributed by atoms with Gasteiger partial charge < -0.3 is 10.2 Å². The molecule has 10 heteroatoms. The van der Waals surface area contributed by atoms with Crippen molar-refractivity contribution in [2.45, 2.75) is 6.92 Å². The molecule has 0 spiro atoms.